The maximum absolute atomic E-state index is 11.3. The summed E-state index contributed by atoms with van der Waals surface area (Å²) in [7, 11) is 1.75. The van der Waals surface area contributed by atoms with Crippen LogP contribution in [0.15, 0.2) is 22.8 Å². The Morgan fingerprint density at radius 3 is 3.00 bits per heavy atom. The average molecular weight is 182 g/mol. The molecule has 4 nitrogen and oxygen atoms in total. The highest BCUT2D eigenvalue weighted by Crippen LogP contribution is 1.98. The van der Waals surface area contributed by atoms with Gasteiger partial charge in [-0.2, -0.15) is 0 Å². The van der Waals surface area contributed by atoms with Crippen LogP contribution in [-0.2, 0) is 11.3 Å². The van der Waals surface area contributed by atoms with Crippen LogP contribution in [0.3, 0.4) is 0 Å². The summed E-state index contributed by atoms with van der Waals surface area (Å²) in [5.41, 5.74) is 0. The van der Waals surface area contributed by atoms with Gasteiger partial charge >= 0.3 is 0 Å². The monoisotopic (exact) mass is 182 g/mol. The standard InChI is InChI=1S/C9H14N2O2/c1-7(10-2)9(12)11-6-8-4-3-5-13-8/h3-5,7,10H,6H2,1-2H3,(H,11,12). The molecular formula is C9H14N2O2. The molecule has 0 saturated carbocycles. The van der Waals surface area contributed by atoms with Crippen molar-refractivity contribution in [3.8, 4) is 0 Å². The minimum Gasteiger partial charge on any atom is -0.467 e. The van der Waals surface area contributed by atoms with Crippen molar-refractivity contribution in [2.75, 3.05) is 7.05 Å². The van der Waals surface area contributed by atoms with Gasteiger partial charge in [-0.05, 0) is 26.1 Å². The van der Waals surface area contributed by atoms with Gasteiger partial charge in [0.05, 0.1) is 18.8 Å². The van der Waals surface area contributed by atoms with Gasteiger partial charge in [-0.15, -0.1) is 0 Å². The number of furan rings is 1. The fourth-order valence-electron chi connectivity index (χ4n) is 0.872. The van der Waals surface area contributed by atoms with Crippen molar-refractivity contribution in [3.05, 3.63) is 24.2 Å². The highest BCUT2D eigenvalue weighted by Gasteiger charge is 2.09. The number of carbonyl (C=O) groups is 1. The maximum atomic E-state index is 11.3. The average Bonchev–Trinajstić information content (AvgIpc) is 2.65. The lowest BCUT2D eigenvalue weighted by Gasteiger charge is -2.09. The highest BCUT2D eigenvalue weighted by atomic mass is 16.3. The zero-order valence-corrected chi connectivity index (χ0v) is 7.83. The zero-order chi connectivity index (χ0) is 9.68. The predicted molar refractivity (Wildman–Crippen MR) is 49.1 cm³/mol. The minimum absolute atomic E-state index is 0.0288. The third-order valence-corrected chi connectivity index (χ3v) is 1.84. The molecule has 0 bridgehead atoms. The molecule has 1 amide bonds. The summed E-state index contributed by atoms with van der Waals surface area (Å²) in [5, 5.41) is 5.59. The molecule has 0 spiro atoms. The molecule has 1 heterocycles. The molecule has 72 valence electrons. The highest BCUT2D eigenvalue weighted by molar-refractivity contribution is 5.81. The van der Waals surface area contributed by atoms with Gasteiger partial charge in [-0.1, -0.05) is 0 Å². The quantitative estimate of drug-likeness (QED) is 0.713. The molecule has 1 aromatic heterocycles. The van der Waals surface area contributed by atoms with Crippen LogP contribution < -0.4 is 10.6 Å². The fourth-order valence-corrected chi connectivity index (χ4v) is 0.872. The van der Waals surface area contributed by atoms with Crippen molar-refractivity contribution >= 4 is 5.91 Å². The third-order valence-electron chi connectivity index (χ3n) is 1.84. The second-order valence-electron chi connectivity index (χ2n) is 2.81. The summed E-state index contributed by atoms with van der Waals surface area (Å²) in [4.78, 5) is 11.3. The van der Waals surface area contributed by atoms with Crippen LogP contribution in [0.5, 0.6) is 0 Å². The Balaban J connectivity index is 2.31. The van der Waals surface area contributed by atoms with Crippen molar-refractivity contribution < 1.29 is 9.21 Å². The molecule has 1 aromatic rings. The smallest absolute Gasteiger partial charge is 0.237 e. The number of rotatable bonds is 4. The topological polar surface area (TPSA) is 54.3 Å². The molecule has 0 fully saturated rings. The molecule has 1 atom stereocenters. The van der Waals surface area contributed by atoms with E-state index in [2.05, 4.69) is 10.6 Å². The lowest BCUT2D eigenvalue weighted by molar-refractivity contribution is -0.122. The second-order valence-corrected chi connectivity index (χ2v) is 2.81. The van der Waals surface area contributed by atoms with E-state index in [1.165, 1.54) is 0 Å². The number of carbonyl (C=O) groups excluding carboxylic acids is 1. The van der Waals surface area contributed by atoms with Gasteiger partial charge in [0.1, 0.15) is 5.76 Å². The number of amides is 1. The van der Waals surface area contributed by atoms with Gasteiger partial charge in [-0.25, -0.2) is 0 Å². The summed E-state index contributed by atoms with van der Waals surface area (Å²) >= 11 is 0. The van der Waals surface area contributed by atoms with E-state index in [4.69, 9.17) is 4.42 Å². The molecule has 0 saturated heterocycles. The summed E-state index contributed by atoms with van der Waals surface area (Å²) in [5.74, 6) is 0.732. The zero-order valence-electron chi connectivity index (χ0n) is 7.83. The van der Waals surface area contributed by atoms with Crippen molar-refractivity contribution in [2.24, 2.45) is 0 Å². The van der Waals surface area contributed by atoms with Crippen LogP contribution in [0, 0.1) is 0 Å². The van der Waals surface area contributed by atoms with Crippen molar-refractivity contribution in [2.45, 2.75) is 19.5 Å². The van der Waals surface area contributed by atoms with Crippen LogP contribution in [0.25, 0.3) is 0 Å². The first-order valence-corrected chi connectivity index (χ1v) is 4.21. The van der Waals surface area contributed by atoms with Crippen molar-refractivity contribution in [1.82, 2.24) is 10.6 Å². The Morgan fingerprint density at radius 1 is 1.69 bits per heavy atom. The first-order chi connectivity index (χ1) is 6.24. The molecule has 1 rings (SSSR count). The lowest BCUT2D eigenvalue weighted by Crippen LogP contribution is -2.39. The minimum atomic E-state index is -0.171. The van der Waals surface area contributed by atoms with Crippen LogP contribution in [0.2, 0.25) is 0 Å². The van der Waals surface area contributed by atoms with Gasteiger partial charge in [0, 0.05) is 0 Å². The van der Waals surface area contributed by atoms with Gasteiger partial charge in [0.25, 0.3) is 0 Å². The Bertz CT molecular complexity index is 257. The largest absolute Gasteiger partial charge is 0.467 e. The van der Waals surface area contributed by atoms with Crippen LogP contribution in [0.1, 0.15) is 12.7 Å². The first-order valence-electron chi connectivity index (χ1n) is 4.21. The summed E-state index contributed by atoms with van der Waals surface area (Å²) in [6.45, 7) is 2.25. The molecule has 0 aliphatic carbocycles. The summed E-state index contributed by atoms with van der Waals surface area (Å²) in [6.07, 6.45) is 1.59. The molecule has 0 radical (unpaired) electrons. The van der Waals surface area contributed by atoms with Crippen LogP contribution >= 0.6 is 0 Å². The summed E-state index contributed by atoms with van der Waals surface area (Å²) < 4.78 is 5.06. The van der Waals surface area contributed by atoms with Crippen LogP contribution in [-0.4, -0.2) is 19.0 Å². The van der Waals surface area contributed by atoms with Gasteiger partial charge in [0.2, 0.25) is 5.91 Å². The molecular weight excluding hydrogens is 168 g/mol. The SMILES string of the molecule is CNC(C)C(=O)NCc1ccco1. The molecule has 0 aromatic carbocycles. The Hall–Kier alpha value is -1.29. The van der Waals surface area contributed by atoms with Gasteiger partial charge in [-0.3, -0.25) is 4.79 Å². The number of hydrogen-bond acceptors (Lipinski definition) is 3. The first kappa shape index (κ1) is 9.80. The van der Waals surface area contributed by atoms with E-state index in [1.807, 2.05) is 6.07 Å². The molecule has 4 heteroatoms. The predicted octanol–water partition coefficient (Wildman–Crippen LogP) is 0.504. The van der Waals surface area contributed by atoms with E-state index >= 15 is 0 Å². The Morgan fingerprint density at radius 2 is 2.46 bits per heavy atom. The lowest BCUT2D eigenvalue weighted by atomic mass is 10.3. The van der Waals surface area contributed by atoms with Gasteiger partial charge in [0.15, 0.2) is 0 Å². The van der Waals surface area contributed by atoms with E-state index in [9.17, 15) is 4.79 Å². The van der Waals surface area contributed by atoms with E-state index in [0.717, 1.165) is 5.76 Å². The van der Waals surface area contributed by atoms with E-state index in [1.54, 1.807) is 26.3 Å². The maximum Gasteiger partial charge on any atom is 0.237 e. The number of nitrogens with one attached hydrogen (secondary N) is 2. The van der Waals surface area contributed by atoms with Crippen molar-refractivity contribution in [3.63, 3.8) is 0 Å². The summed E-state index contributed by atoms with van der Waals surface area (Å²) in [6, 6.07) is 3.45. The third kappa shape index (κ3) is 2.91. The molecule has 1 unspecified atom stereocenters. The Labute approximate surface area is 77.3 Å². The van der Waals surface area contributed by atoms with Gasteiger partial charge < -0.3 is 15.1 Å². The number of hydrogen-bond donors (Lipinski definition) is 2. The molecule has 0 aliphatic heterocycles. The normalized spacial score (nSPS) is 12.5. The molecule has 2 N–H and O–H groups in total. The molecule has 0 aliphatic rings. The van der Waals surface area contributed by atoms with E-state index in [-0.39, 0.29) is 11.9 Å². The van der Waals surface area contributed by atoms with E-state index < -0.39 is 0 Å². The second kappa shape index (κ2) is 4.67. The van der Waals surface area contributed by atoms with E-state index in [0.29, 0.717) is 6.54 Å². The number of likely N-dealkylation sites (N-methyl/N-ethyl adjacent to an activating group) is 1. The van der Waals surface area contributed by atoms with Crippen molar-refractivity contribution in [1.29, 1.82) is 0 Å². The van der Waals surface area contributed by atoms with Crippen LogP contribution in [0.4, 0.5) is 0 Å². The Kier molecular flexibility index (Phi) is 3.52. The molecule has 13 heavy (non-hydrogen) atoms. The fraction of sp³-hybridized carbons (Fsp3) is 0.444.